The first-order chi connectivity index (χ1) is 18.2. The molecule has 0 aliphatic heterocycles. The molecule has 3 aromatic carbocycles. The second-order valence-corrected chi connectivity index (χ2v) is 10.7. The molecule has 0 heterocycles. The molecular formula is C29H35N3O5S. The maximum Gasteiger partial charge on any atom is 0.264 e. The molecule has 8 nitrogen and oxygen atoms in total. The molecule has 1 N–H and O–H groups in total. The van der Waals surface area contributed by atoms with Crippen LogP contribution in [0.3, 0.4) is 0 Å². The first-order valence-corrected chi connectivity index (χ1v) is 14.0. The number of sulfonamides is 1. The maximum absolute atomic E-state index is 13.9. The summed E-state index contributed by atoms with van der Waals surface area (Å²) in [6, 6.07) is 21.4. The summed E-state index contributed by atoms with van der Waals surface area (Å²) in [5.74, 6) is -0.242. The van der Waals surface area contributed by atoms with Crippen molar-refractivity contribution in [2.45, 2.75) is 44.7 Å². The number of carbonyl (C=O) groups is 2. The average Bonchev–Trinajstić information content (AvgIpc) is 2.92. The summed E-state index contributed by atoms with van der Waals surface area (Å²) >= 11 is 0. The zero-order valence-electron chi connectivity index (χ0n) is 22.3. The lowest BCUT2D eigenvalue weighted by atomic mass is 10.1. The summed E-state index contributed by atoms with van der Waals surface area (Å²) < 4.78 is 33.9. The van der Waals surface area contributed by atoms with Gasteiger partial charge in [-0.2, -0.15) is 0 Å². The van der Waals surface area contributed by atoms with Crippen molar-refractivity contribution in [3.05, 3.63) is 90.0 Å². The molecule has 202 valence electrons. The van der Waals surface area contributed by atoms with Gasteiger partial charge in [0.25, 0.3) is 10.0 Å². The molecule has 0 saturated heterocycles. The van der Waals surface area contributed by atoms with E-state index in [1.165, 1.54) is 24.1 Å². The molecule has 1 atom stereocenters. The lowest BCUT2D eigenvalue weighted by Crippen LogP contribution is -2.52. The minimum atomic E-state index is -4.12. The van der Waals surface area contributed by atoms with Crippen molar-refractivity contribution in [1.82, 2.24) is 10.2 Å². The van der Waals surface area contributed by atoms with Crippen molar-refractivity contribution in [3.63, 3.8) is 0 Å². The second-order valence-electron chi connectivity index (χ2n) is 8.85. The zero-order chi connectivity index (χ0) is 27.7. The Kier molecular flexibility index (Phi) is 9.90. The highest BCUT2D eigenvalue weighted by atomic mass is 32.2. The Bertz CT molecular complexity index is 1330. The van der Waals surface area contributed by atoms with E-state index in [1.54, 1.807) is 42.5 Å². The lowest BCUT2D eigenvalue weighted by molar-refractivity contribution is -0.140. The fourth-order valence-electron chi connectivity index (χ4n) is 4.22. The van der Waals surface area contributed by atoms with Crippen LogP contribution in [0.25, 0.3) is 0 Å². The molecule has 0 bridgehead atoms. The molecule has 3 aromatic rings. The van der Waals surface area contributed by atoms with Crippen LogP contribution in [0, 0.1) is 6.92 Å². The van der Waals surface area contributed by atoms with Crippen LogP contribution in [0.2, 0.25) is 0 Å². The fourth-order valence-corrected chi connectivity index (χ4v) is 5.63. The van der Waals surface area contributed by atoms with E-state index in [-0.39, 0.29) is 17.3 Å². The van der Waals surface area contributed by atoms with Gasteiger partial charge >= 0.3 is 0 Å². The number of para-hydroxylation sites is 1. The number of benzene rings is 3. The van der Waals surface area contributed by atoms with E-state index in [1.807, 2.05) is 45.0 Å². The number of methoxy groups -OCH3 is 1. The summed E-state index contributed by atoms with van der Waals surface area (Å²) in [7, 11) is -2.62. The van der Waals surface area contributed by atoms with Gasteiger partial charge in [-0.05, 0) is 62.2 Å². The van der Waals surface area contributed by atoms with Crippen LogP contribution < -0.4 is 14.4 Å². The summed E-state index contributed by atoms with van der Waals surface area (Å²) in [4.78, 5) is 28.4. The van der Waals surface area contributed by atoms with E-state index in [4.69, 9.17) is 4.74 Å². The van der Waals surface area contributed by atoms with Gasteiger partial charge in [-0.3, -0.25) is 13.9 Å². The molecule has 0 aromatic heterocycles. The van der Waals surface area contributed by atoms with E-state index in [2.05, 4.69) is 5.32 Å². The molecule has 0 radical (unpaired) electrons. The molecule has 9 heteroatoms. The maximum atomic E-state index is 13.9. The molecular weight excluding hydrogens is 502 g/mol. The molecule has 0 saturated carbocycles. The molecule has 0 fully saturated rings. The minimum Gasteiger partial charge on any atom is -0.497 e. The fraction of sp³-hybridized carbons (Fsp3) is 0.310. The van der Waals surface area contributed by atoms with E-state index < -0.39 is 28.5 Å². The smallest absolute Gasteiger partial charge is 0.264 e. The van der Waals surface area contributed by atoms with Gasteiger partial charge in [-0.1, -0.05) is 55.0 Å². The van der Waals surface area contributed by atoms with E-state index >= 15 is 0 Å². The van der Waals surface area contributed by atoms with Gasteiger partial charge in [0, 0.05) is 13.1 Å². The minimum absolute atomic E-state index is 0.0240. The lowest BCUT2D eigenvalue weighted by Gasteiger charge is -2.33. The zero-order valence-corrected chi connectivity index (χ0v) is 23.1. The number of amides is 2. The summed E-state index contributed by atoms with van der Waals surface area (Å²) in [5.41, 5.74) is 2.22. The number of nitrogens with zero attached hydrogens (tertiary/aromatic N) is 2. The van der Waals surface area contributed by atoms with Crippen LogP contribution in [0.15, 0.2) is 83.8 Å². The Morgan fingerprint density at radius 1 is 0.947 bits per heavy atom. The Morgan fingerprint density at radius 2 is 1.63 bits per heavy atom. The third-order valence-electron chi connectivity index (χ3n) is 6.14. The van der Waals surface area contributed by atoms with Gasteiger partial charge in [-0.15, -0.1) is 0 Å². The van der Waals surface area contributed by atoms with Crippen LogP contribution in [0.1, 0.15) is 31.4 Å². The molecule has 0 spiro atoms. The summed E-state index contributed by atoms with van der Waals surface area (Å²) in [6.07, 6.45) is 0.375. The van der Waals surface area contributed by atoms with Crippen molar-refractivity contribution in [2.24, 2.45) is 0 Å². The number of anilines is 1. The first-order valence-electron chi connectivity index (χ1n) is 12.6. The third-order valence-corrected chi connectivity index (χ3v) is 7.93. The normalized spacial score (nSPS) is 11.9. The van der Waals surface area contributed by atoms with E-state index in [9.17, 15) is 18.0 Å². The van der Waals surface area contributed by atoms with Crippen molar-refractivity contribution < 1.29 is 22.7 Å². The van der Waals surface area contributed by atoms with E-state index in [0.717, 1.165) is 15.4 Å². The number of rotatable bonds is 12. The van der Waals surface area contributed by atoms with Gasteiger partial charge in [0.1, 0.15) is 18.3 Å². The Hall–Kier alpha value is -3.85. The summed E-state index contributed by atoms with van der Waals surface area (Å²) in [6.45, 7) is 5.72. The molecule has 3 rings (SSSR count). The first kappa shape index (κ1) is 28.7. The van der Waals surface area contributed by atoms with Gasteiger partial charge < -0.3 is 15.0 Å². The Morgan fingerprint density at radius 3 is 2.21 bits per heavy atom. The molecule has 0 aliphatic carbocycles. The highest BCUT2D eigenvalue weighted by Crippen LogP contribution is 2.26. The van der Waals surface area contributed by atoms with Crippen LogP contribution >= 0.6 is 0 Å². The predicted octanol–water partition coefficient (Wildman–Crippen LogP) is 4.14. The average molecular weight is 538 g/mol. The molecule has 0 unspecified atom stereocenters. The van der Waals surface area contributed by atoms with E-state index in [0.29, 0.717) is 24.4 Å². The second kappa shape index (κ2) is 13.1. The topological polar surface area (TPSA) is 96.0 Å². The van der Waals surface area contributed by atoms with Crippen LogP contribution in [0.5, 0.6) is 5.75 Å². The Labute approximate surface area is 225 Å². The molecule has 38 heavy (non-hydrogen) atoms. The van der Waals surface area contributed by atoms with Gasteiger partial charge in [0.15, 0.2) is 0 Å². The standard InChI is InChI=1S/C29H35N3O5S/c1-5-27(29(34)30-6-2)31(20-23-12-10-11-22(3)19-23)28(33)21-32(24-13-8-7-9-14-24)38(35,36)26-17-15-25(37-4)16-18-26/h7-19,27H,5-6,20-21H2,1-4H3,(H,30,34)/t27-/m0/s1. The third kappa shape index (κ3) is 6.92. The Balaban J connectivity index is 2.03. The highest BCUT2D eigenvalue weighted by molar-refractivity contribution is 7.92. The van der Waals surface area contributed by atoms with Crippen molar-refractivity contribution in [2.75, 3.05) is 24.5 Å². The van der Waals surface area contributed by atoms with Gasteiger partial charge in [-0.25, -0.2) is 8.42 Å². The number of likely N-dealkylation sites (N-methyl/N-ethyl adjacent to an activating group) is 1. The quantitative estimate of drug-likeness (QED) is 0.375. The SMILES string of the molecule is CCNC(=O)[C@H](CC)N(Cc1cccc(C)c1)C(=O)CN(c1ccccc1)S(=O)(=O)c1ccc(OC)cc1. The number of nitrogens with one attached hydrogen (secondary N) is 1. The van der Waals surface area contributed by atoms with Crippen molar-refractivity contribution in [1.29, 1.82) is 0 Å². The monoisotopic (exact) mass is 537 g/mol. The number of ether oxygens (including phenoxy) is 1. The van der Waals surface area contributed by atoms with Crippen LogP contribution in [-0.4, -0.2) is 51.4 Å². The number of aryl methyl sites for hydroxylation is 1. The number of hydrogen-bond donors (Lipinski definition) is 1. The number of carbonyl (C=O) groups excluding carboxylic acids is 2. The largest absolute Gasteiger partial charge is 0.497 e. The molecule has 2 amide bonds. The predicted molar refractivity (Wildman–Crippen MR) is 148 cm³/mol. The van der Waals surface area contributed by atoms with Crippen molar-refractivity contribution >= 4 is 27.5 Å². The van der Waals surface area contributed by atoms with Gasteiger partial charge in [0.2, 0.25) is 11.8 Å². The van der Waals surface area contributed by atoms with Crippen LogP contribution in [0.4, 0.5) is 5.69 Å². The van der Waals surface area contributed by atoms with Gasteiger partial charge in [0.05, 0.1) is 17.7 Å². The number of hydrogen-bond acceptors (Lipinski definition) is 5. The molecule has 0 aliphatic rings. The highest BCUT2D eigenvalue weighted by Gasteiger charge is 2.33. The van der Waals surface area contributed by atoms with Crippen molar-refractivity contribution in [3.8, 4) is 5.75 Å². The van der Waals surface area contributed by atoms with Crippen LogP contribution in [-0.2, 0) is 26.2 Å². The summed E-state index contributed by atoms with van der Waals surface area (Å²) in [5, 5.41) is 2.80.